The van der Waals surface area contributed by atoms with Gasteiger partial charge in [-0.05, 0) is 25.5 Å². The van der Waals surface area contributed by atoms with E-state index < -0.39 is 0 Å². The number of hydrogen-bond donors (Lipinski definition) is 0. The van der Waals surface area contributed by atoms with Gasteiger partial charge in [0.15, 0.2) is 11.6 Å². The average molecular weight is 332 g/mol. The number of imidazole rings is 1. The molecule has 0 radical (unpaired) electrons. The minimum Gasteiger partial charge on any atom is -0.326 e. The van der Waals surface area contributed by atoms with E-state index in [2.05, 4.69) is 4.98 Å². The highest BCUT2D eigenvalue weighted by atomic mass is 16.1. The Hall–Kier alpha value is -3.01. The van der Waals surface area contributed by atoms with E-state index in [9.17, 15) is 9.59 Å². The molecule has 0 fully saturated rings. The molecular formula is C21H20N2O2. The van der Waals surface area contributed by atoms with Crippen molar-refractivity contribution in [3.63, 3.8) is 0 Å². The lowest BCUT2D eigenvalue weighted by Gasteiger charge is -2.11. The molecule has 126 valence electrons. The van der Waals surface area contributed by atoms with Crippen LogP contribution in [0.25, 0.3) is 11.4 Å². The summed E-state index contributed by atoms with van der Waals surface area (Å²) in [6.45, 7) is 5.59. The first-order valence-electron chi connectivity index (χ1n) is 8.19. The summed E-state index contributed by atoms with van der Waals surface area (Å²) in [5.74, 6) is 0.529. The number of nitrogens with zero attached hydrogens (tertiary/aromatic N) is 2. The van der Waals surface area contributed by atoms with Crippen LogP contribution >= 0.6 is 0 Å². The van der Waals surface area contributed by atoms with Gasteiger partial charge in [0.1, 0.15) is 11.5 Å². The molecule has 0 aliphatic heterocycles. The molecule has 3 rings (SSSR count). The Balaban J connectivity index is 2.15. The van der Waals surface area contributed by atoms with Crippen molar-refractivity contribution in [2.24, 2.45) is 0 Å². The zero-order valence-corrected chi connectivity index (χ0v) is 14.6. The van der Waals surface area contributed by atoms with Crippen molar-refractivity contribution >= 4 is 11.6 Å². The molecule has 2 aromatic carbocycles. The van der Waals surface area contributed by atoms with Crippen LogP contribution in [0.2, 0.25) is 0 Å². The van der Waals surface area contributed by atoms with Crippen molar-refractivity contribution in [2.45, 2.75) is 27.3 Å². The third-order valence-electron chi connectivity index (χ3n) is 4.13. The monoisotopic (exact) mass is 332 g/mol. The number of benzene rings is 2. The minimum atomic E-state index is -0.0930. The van der Waals surface area contributed by atoms with Gasteiger partial charge in [-0.1, -0.05) is 48.0 Å². The fourth-order valence-electron chi connectivity index (χ4n) is 2.85. The summed E-state index contributed by atoms with van der Waals surface area (Å²) in [6.07, 6.45) is 1.76. The molecule has 4 nitrogen and oxygen atoms in total. The summed E-state index contributed by atoms with van der Waals surface area (Å²) >= 11 is 0. The van der Waals surface area contributed by atoms with Crippen molar-refractivity contribution < 1.29 is 9.59 Å². The van der Waals surface area contributed by atoms with Gasteiger partial charge < -0.3 is 4.57 Å². The average Bonchev–Trinajstić information content (AvgIpc) is 2.99. The number of aryl methyl sites for hydroxylation is 1. The Bertz CT molecular complexity index is 940. The predicted octanol–water partition coefficient (Wildman–Crippen LogP) is 4.31. The quantitative estimate of drug-likeness (QED) is 0.654. The van der Waals surface area contributed by atoms with Crippen molar-refractivity contribution in [2.75, 3.05) is 0 Å². The molecule has 0 aliphatic rings. The lowest BCUT2D eigenvalue weighted by atomic mass is 10.0. The largest absolute Gasteiger partial charge is 0.326 e. The summed E-state index contributed by atoms with van der Waals surface area (Å²) in [5.41, 5.74) is 3.90. The molecule has 1 aromatic heterocycles. The first kappa shape index (κ1) is 16.8. The molecule has 0 unspecified atom stereocenters. The highest BCUT2D eigenvalue weighted by Crippen LogP contribution is 2.26. The van der Waals surface area contributed by atoms with Gasteiger partial charge in [0.05, 0.1) is 0 Å². The van der Waals surface area contributed by atoms with Crippen LogP contribution in [0, 0.1) is 6.92 Å². The molecule has 4 heteroatoms. The Labute approximate surface area is 147 Å². The number of aromatic nitrogens is 2. The van der Waals surface area contributed by atoms with Crippen LogP contribution in [0.15, 0.2) is 54.7 Å². The summed E-state index contributed by atoms with van der Waals surface area (Å²) in [5, 5.41) is 0. The zero-order chi connectivity index (χ0) is 18.0. The van der Waals surface area contributed by atoms with E-state index in [0.29, 0.717) is 23.6 Å². The van der Waals surface area contributed by atoms with Gasteiger partial charge in [-0.2, -0.15) is 0 Å². The zero-order valence-electron chi connectivity index (χ0n) is 14.6. The number of carbonyl (C=O) groups is 2. The third kappa shape index (κ3) is 3.58. The normalized spacial score (nSPS) is 10.7. The van der Waals surface area contributed by atoms with Gasteiger partial charge in [-0.3, -0.25) is 9.59 Å². The highest BCUT2D eigenvalue weighted by molar-refractivity contribution is 6.00. The molecular weight excluding hydrogens is 312 g/mol. The summed E-state index contributed by atoms with van der Waals surface area (Å²) in [6, 6.07) is 15.7. The SMILES string of the molecule is CC(=O)c1cn(Cc2ccccc2)c(-c2ccc(C)cc2C(C)=O)n1. The number of rotatable bonds is 5. The molecule has 1 heterocycles. The fraction of sp³-hybridized carbons (Fsp3) is 0.190. The van der Waals surface area contributed by atoms with Crippen LogP contribution in [-0.4, -0.2) is 21.1 Å². The van der Waals surface area contributed by atoms with Crippen LogP contribution in [0.1, 0.15) is 45.8 Å². The Morgan fingerprint density at radius 3 is 2.36 bits per heavy atom. The van der Waals surface area contributed by atoms with Gasteiger partial charge in [0, 0.05) is 30.8 Å². The third-order valence-corrected chi connectivity index (χ3v) is 4.13. The summed E-state index contributed by atoms with van der Waals surface area (Å²) in [7, 11) is 0. The lowest BCUT2D eigenvalue weighted by molar-refractivity contribution is 0.100. The summed E-state index contributed by atoms with van der Waals surface area (Å²) in [4.78, 5) is 28.4. The van der Waals surface area contributed by atoms with Crippen molar-refractivity contribution in [1.82, 2.24) is 9.55 Å². The Morgan fingerprint density at radius 2 is 1.72 bits per heavy atom. The minimum absolute atomic E-state index is 0.0164. The van der Waals surface area contributed by atoms with Gasteiger partial charge in [-0.15, -0.1) is 0 Å². The van der Waals surface area contributed by atoms with Gasteiger partial charge in [0.2, 0.25) is 0 Å². The molecule has 0 aliphatic carbocycles. The predicted molar refractivity (Wildman–Crippen MR) is 98.0 cm³/mol. The molecule has 0 saturated carbocycles. The first-order valence-corrected chi connectivity index (χ1v) is 8.19. The summed E-state index contributed by atoms with van der Waals surface area (Å²) < 4.78 is 1.93. The second kappa shape index (κ2) is 6.85. The van der Waals surface area contributed by atoms with E-state index >= 15 is 0 Å². The lowest BCUT2D eigenvalue weighted by Crippen LogP contribution is -2.04. The van der Waals surface area contributed by atoms with E-state index in [0.717, 1.165) is 16.7 Å². The van der Waals surface area contributed by atoms with Crippen LogP contribution in [0.4, 0.5) is 0 Å². The smallest absolute Gasteiger partial charge is 0.179 e. The van der Waals surface area contributed by atoms with Gasteiger partial charge >= 0.3 is 0 Å². The van der Waals surface area contributed by atoms with E-state index in [1.807, 2.05) is 60.0 Å². The second-order valence-corrected chi connectivity index (χ2v) is 6.22. The standard InChI is InChI=1S/C21H20N2O2/c1-14-9-10-18(19(11-14)15(2)24)21-22-20(16(3)25)13-23(21)12-17-7-5-4-6-8-17/h4-11,13H,12H2,1-3H3. The number of hydrogen-bond acceptors (Lipinski definition) is 3. The molecule has 0 bridgehead atoms. The molecule has 0 amide bonds. The topological polar surface area (TPSA) is 52.0 Å². The van der Waals surface area contributed by atoms with E-state index in [4.69, 9.17) is 0 Å². The maximum absolute atomic E-state index is 12.1. The van der Waals surface area contributed by atoms with Crippen LogP contribution in [0.3, 0.4) is 0 Å². The molecule has 0 atom stereocenters. The second-order valence-electron chi connectivity index (χ2n) is 6.22. The van der Waals surface area contributed by atoms with E-state index in [1.165, 1.54) is 6.92 Å². The van der Waals surface area contributed by atoms with Crippen molar-refractivity contribution in [1.29, 1.82) is 0 Å². The Morgan fingerprint density at radius 1 is 1.00 bits per heavy atom. The fourth-order valence-corrected chi connectivity index (χ4v) is 2.85. The van der Waals surface area contributed by atoms with E-state index in [-0.39, 0.29) is 11.6 Å². The molecule has 0 saturated heterocycles. The number of Topliss-reactive ketones (excluding diaryl/α,β-unsaturated/α-hetero) is 2. The molecule has 25 heavy (non-hydrogen) atoms. The highest BCUT2D eigenvalue weighted by Gasteiger charge is 2.18. The molecule has 0 N–H and O–H groups in total. The van der Waals surface area contributed by atoms with E-state index in [1.54, 1.807) is 13.1 Å². The van der Waals surface area contributed by atoms with Crippen LogP contribution < -0.4 is 0 Å². The first-order chi connectivity index (χ1) is 12.0. The maximum atomic E-state index is 12.1. The maximum Gasteiger partial charge on any atom is 0.179 e. The molecule has 3 aromatic rings. The number of ketones is 2. The van der Waals surface area contributed by atoms with Crippen LogP contribution in [0.5, 0.6) is 0 Å². The Kier molecular flexibility index (Phi) is 4.61. The number of carbonyl (C=O) groups excluding carboxylic acids is 2. The van der Waals surface area contributed by atoms with Crippen molar-refractivity contribution in [3.8, 4) is 11.4 Å². The van der Waals surface area contributed by atoms with Gasteiger partial charge in [-0.25, -0.2) is 4.98 Å². The molecule has 0 spiro atoms. The van der Waals surface area contributed by atoms with Crippen molar-refractivity contribution in [3.05, 3.63) is 77.1 Å². The van der Waals surface area contributed by atoms with Gasteiger partial charge in [0.25, 0.3) is 0 Å². The van der Waals surface area contributed by atoms with Crippen LogP contribution in [-0.2, 0) is 6.54 Å².